The zero-order valence-corrected chi connectivity index (χ0v) is 9.69. The van der Waals surface area contributed by atoms with Gasteiger partial charge in [-0.1, -0.05) is 6.58 Å². The molecule has 0 aliphatic heterocycles. The van der Waals surface area contributed by atoms with Crippen molar-refractivity contribution >= 4 is 6.20 Å². The molecule has 0 fully saturated rings. The van der Waals surface area contributed by atoms with Crippen LogP contribution in [-0.4, -0.2) is 43.3 Å². The predicted molar refractivity (Wildman–Crippen MR) is 63.0 cm³/mol. The molecule has 5 heteroatoms. The molecule has 1 heterocycles. The Morgan fingerprint density at radius 3 is 3.06 bits per heavy atom. The molecule has 0 saturated carbocycles. The van der Waals surface area contributed by atoms with E-state index in [2.05, 4.69) is 17.0 Å². The number of hydrogen-bond donors (Lipinski definition) is 1. The first kappa shape index (κ1) is 12.9. The van der Waals surface area contributed by atoms with Crippen molar-refractivity contribution in [3.63, 3.8) is 0 Å². The van der Waals surface area contributed by atoms with Gasteiger partial charge in [0.1, 0.15) is 0 Å². The average Bonchev–Trinajstić information content (AvgIpc) is 2.76. The molecule has 5 nitrogen and oxygen atoms in total. The number of aromatic nitrogens is 2. The minimum absolute atomic E-state index is 0.645. The van der Waals surface area contributed by atoms with Crippen LogP contribution >= 0.6 is 0 Å². The second-order valence-corrected chi connectivity index (χ2v) is 3.29. The first-order chi connectivity index (χ1) is 7.86. The van der Waals surface area contributed by atoms with Gasteiger partial charge in [-0.3, -0.25) is 0 Å². The van der Waals surface area contributed by atoms with E-state index in [4.69, 9.17) is 9.47 Å². The van der Waals surface area contributed by atoms with Crippen LogP contribution in [0.5, 0.6) is 0 Å². The second kappa shape index (κ2) is 8.04. The summed E-state index contributed by atoms with van der Waals surface area (Å²) in [5.41, 5.74) is 1.14. The third-order valence-corrected chi connectivity index (χ3v) is 2.03. The van der Waals surface area contributed by atoms with E-state index in [1.54, 1.807) is 18.0 Å². The van der Waals surface area contributed by atoms with E-state index in [0.29, 0.717) is 19.8 Å². The molecule has 0 unspecified atom stereocenters. The van der Waals surface area contributed by atoms with E-state index in [0.717, 1.165) is 18.7 Å². The van der Waals surface area contributed by atoms with Gasteiger partial charge in [0.15, 0.2) is 0 Å². The van der Waals surface area contributed by atoms with Crippen molar-refractivity contribution in [2.75, 3.05) is 33.5 Å². The largest absolute Gasteiger partial charge is 0.382 e. The van der Waals surface area contributed by atoms with E-state index < -0.39 is 0 Å². The van der Waals surface area contributed by atoms with Crippen LogP contribution in [-0.2, 0) is 16.0 Å². The summed E-state index contributed by atoms with van der Waals surface area (Å²) in [4.78, 5) is 0. The summed E-state index contributed by atoms with van der Waals surface area (Å²) >= 11 is 0. The molecule has 0 aliphatic rings. The van der Waals surface area contributed by atoms with Crippen molar-refractivity contribution in [3.05, 3.63) is 24.5 Å². The molecule has 1 N–H and O–H groups in total. The topological polar surface area (TPSA) is 48.3 Å². The molecule has 0 spiro atoms. The molecule has 16 heavy (non-hydrogen) atoms. The Hall–Kier alpha value is -1.17. The van der Waals surface area contributed by atoms with Crippen molar-refractivity contribution in [3.8, 4) is 0 Å². The third-order valence-electron chi connectivity index (χ3n) is 2.03. The minimum atomic E-state index is 0.645. The van der Waals surface area contributed by atoms with Crippen LogP contribution in [0.25, 0.3) is 6.20 Å². The number of ether oxygens (including phenoxy) is 2. The molecule has 0 atom stereocenters. The minimum Gasteiger partial charge on any atom is -0.382 e. The van der Waals surface area contributed by atoms with Crippen LogP contribution in [0.4, 0.5) is 0 Å². The maximum atomic E-state index is 5.31. The summed E-state index contributed by atoms with van der Waals surface area (Å²) in [5.74, 6) is 0. The molecule has 0 amide bonds. The van der Waals surface area contributed by atoms with Crippen LogP contribution < -0.4 is 5.32 Å². The molecule has 0 aromatic carbocycles. The van der Waals surface area contributed by atoms with Crippen LogP contribution in [0.1, 0.15) is 5.56 Å². The van der Waals surface area contributed by atoms with Gasteiger partial charge in [0.2, 0.25) is 0 Å². The summed E-state index contributed by atoms with van der Waals surface area (Å²) in [7, 11) is 1.67. The number of methoxy groups -OCH3 is 1. The second-order valence-electron chi connectivity index (χ2n) is 3.29. The SMILES string of the molecule is C=Cn1cc(CNCCOCCOC)cn1. The van der Waals surface area contributed by atoms with Crippen molar-refractivity contribution in [2.45, 2.75) is 6.54 Å². The van der Waals surface area contributed by atoms with Gasteiger partial charge in [-0.2, -0.15) is 5.10 Å². The van der Waals surface area contributed by atoms with Gasteiger partial charge in [-0.15, -0.1) is 0 Å². The summed E-state index contributed by atoms with van der Waals surface area (Å²) in [6, 6.07) is 0. The average molecular weight is 225 g/mol. The number of nitrogens with zero attached hydrogens (tertiary/aromatic N) is 2. The predicted octanol–water partition coefficient (Wildman–Crippen LogP) is 0.736. The van der Waals surface area contributed by atoms with Crippen LogP contribution in [0.3, 0.4) is 0 Å². The lowest BCUT2D eigenvalue weighted by atomic mass is 10.3. The van der Waals surface area contributed by atoms with Crippen molar-refractivity contribution in [1.29, 1.82) is 0 Å². The Morgan fingerprint density at radius 1 is 1.50 bits per heavy atom. The lowest BCUT2D eigenvalue weighted by Gasteiger charge is -2.04. The van der Waals surface area contributed by atoms with E-state index in [1.165, 1.54) is 0 Å². The fourth-order valence-electron chi connectivity index (χ4n) is 1.19. The normalized spacial score (nSPS) is 10.6. The van der Waals surface area contributed by atoms with Gasteiger partial charge >= 0.3 is 0 Å². The van der Waals surface area contributed by atoms with E-state index in [-0.39, 0.29) is 0 Å². The lowest BCUT2D eigenvalue weighted by Crippen LogP contribution is -2.19. The molecule has 1 aromatic heterocycles. The summed E-state index contributed by atoms with van der Waals surface area (Å²) in [5, 5.41) is 7.35. The molecule has 0 radical (unpaired) electrons. The zero-order valence-electron chi connectivity index (χ0n) is 9.69. The quantitative estimate of drug-likeness (QED) is 0.630. The molecule has 90 valence electrons. The summed E-state index contributed by atoms with van der Waals surface area (Å²) in [6.07, 6.45) is 5.42. The van der Waals surface area contributed by atoms with Crippen molar-refractivity contribution in [2.24, 2.45) is 0 Å². The van der Waals surface area contributed by atoms with Gasteiger partial charge in [-0.05, 0) is 0 Å². The Balaban J connectivity index is 2.00. The monoisotopic (exact) mass is 225 g/mol. The fraction of sp³-hybridized carbons (Fsp3) is 0.545. The van der Waals surface area contributed by atoms with Crippen LogP contribution in [0.15, 0.2) is 19.0 Å². The van der Waals surface area contributed by atoms with Gasteiger partial charge < -0.3 is 14.8 Å². The molecule has 0 aliphatic carbocycles. The highest BCUT2D eigenvalue weighted by atomic mass is 16.5. The fourth-order valence-corrected chi connectivity index (χ4v) is 1.19. The highest BCUT2D eigenvalue weighted by Crippen LogP contribution is 1.96. The number of nitrogens with one attached hydrogen (secondary N) is 1. The van der Waals surface area contributed by atoms with Gasteiger partial charge in [0, 0.05) is 38.2 Å². The van der Waals surface area contributed by atoms with Crippen LogP contribution in [0.2, 0.25) is 0 Å². The lowest BCUT2D eigenvalue weighted by molar-refractivity contribution is 0.0719. The standard InChI is InChI=1S/C11H19N3O2/c1-3-14-10-11(9-13-14)8-12-4-5-16-7-6-15-2/h3,9-10,12H,1,4-8H2,2H3. The molecule has 1 aromatic rings. The van der Waals surface area contributed by atoms with Gasteiger partial charge in [-0.25, -0.2) is 4.68 Å². The Morgan fingerprint density at radius 2 is 2.38 bits per heavy atom. The molecule has 1 rings (SSSR count). The van der Waals surface area contributed by atoms with Gasteiger partial charge in [0.25, 0.3) is 0 Å². The van der Waals surface area contributed by atoms with Crippen molar-refractivity contribution in [1.82, 2.24) is 15.1 Å². The molecular weight excluding hydrogens is 206 g/mol. The van der Waals surface area contributed by atoms with E-state index >= 15 is 0 Å². The highest BCUT2D eigenvalue weighted by molar-refractivity contribution is 5.17. The maximum absolute atomic E-state index is 5.31. The Labute approximate surface area is 96.0 Å². The van der Waals surface area contributed by atoms with Crippen molar-refractivity contribution < 1.29 is 9.47 Å². The Kier molecular flexibility index (Phi) is 6.48. The Bertz CT molecular complexity index is 299. The smallest absolute Gasteiger partial charge is 0.0700 e. The first-order valence-electron chi connectivity index (χ1n) is 5.30. The summed E-state index contributed by atoms with van der Waals surface area (Å²) in [6.45, 7) is 7.23. The maximum Gasteiger partial charge on any atom is 0.0700 e. The first-order valence-corrected chi connectivity index (χ1v) is 5.30. The van der Waals surface area contributed by atoms with Crippen LogP contribution in [0, 0.1) is 0 Å². The zero-order chi connectivity index (χ0) is 11.6. The number of rotatable bonds is 9. The number of hydrogen-bond acceptors (Lipinski definition) is 4. The van der Waals surface area contributed by atoms with E-state index in [9.17, 15) is 0 Å². The molecule has 0 bridgehead atoms. The van der Waals surface area contributed by atoms with Gasteiger partial charge in [0.05, 0.1) is 26.0 Å². The third kappa shape index (κ3) is 5.06. The van der Waals surface area contributed by atoms with E-state index in [1.807, 2.05) is 12.4 Å². The highest BCUT2D eigenvalue weighted by Gasteiger charge is 1.95. The molecular formula is C11H19N3O2. The summed E-state index contributed by atoms with van der Waals surface area (Å²) < 4.78 is 11.9. The molecule has 0 saturated heterocycles.